The van der Waals surface area contributed by atoms with Gasteiger partial charge in [-0.3, -0.25) is 5.10 Å². The zero-order valence-electron chi connectivity index (χ0n) is 10.1. The number of hydrogen-bond donors (Lipinski definition) is 1. The topological polar surface area (TPSA) is 54.5 Å². The van der Waals surface area contributed by atoms with Gasteiger partial charge < -0.3 is 0 Å². The molecular weight excluding hydrogens is 250 g/mol. The van der Waals surface area contributed by atoms with Gasteiger partial charge in [0.05, 0.1) is 11.7 Å². The monoisotopic (exact) mass is 260 g/mol. The number of nitrogens with one attached hydrogen (secondary N) is 1. The Hall–Kier alpha value is -2.37. The Labute approximate surface area is 107 Å². The molecule has 0 saturated heterocycles. The Kier molecular flexibility index (Phi) is 2.70. The standard InChI is InChI=1S/C13H10F2N4/c1-7-16-4-10(5-17-7)8-2-9-6-18-19-12(9)11(3-8)13(14)15/h2-6,13H,1H3,(H,18,19). The molecule has 3 rings (SSSR count). The maximum absolute atomic E-state index is 13.1. The van der Waals surface area contributed by atoms with Crippen LogP contribution in [0, 0.1) is 6.92 Å². The Bertz CT molecular complexity index is 719. The highest BCUT2D eigenvalue weighted by Crippen LogP contribution is 2.31. The van der Waals surface area contributed by atoms with Crippen LogP contribution in [-0.4, -0.2) is 20.2 Å². The van der Waals surface area contributed by atoms with Crippen molar-refractivity contribution in [1.29, 1.82) is 0 Å². The molecule has 0 aliphatic rings. The van der Waals surface area contributed by atoms with Crippen LogP contribution < -0.4 is 0 Å². The second kappa shape index (κ2) is 4.38. The van der Waals surface area contributed by atoms with Crippen molar-refractivity contribution >= 4 is 10.9 Å². The zero-order valence-corrected chi connectivity index (χ0v) is 10.1. The number of rotatable bonds is 2. The van der Waals surface area contributed by atoms with E-state index in [9.17, 15) is 8.78 Å². The van der Waals surface area contributed by atoms with Gasteiger partial charge in [0.2, 0.25) is 0 Å². The third kappa shape index (κ3) is 2.05. The van der Waals surface area contributed by atoms with Crippen molar-refractivity contribution in [2.45, 2.75) is 13.3 Å². The van der Waals surface area contributed by atoms with E-state index in [-0.39, 0.29) is 5.56 Å². The van der Waals surface area contributed by atoms with Crippen molar-refractivity contribution in [3.63, 3.8) is 0 Å². The second-order valence-electron chi connectivity index (χ2n) is 4.22. The van der Waals surface area contributed by atoms with E-state index in [2.05, 4.69) is 20.2 Å². The average molecular weight is 260 g/mol. The molecular formula is C13H10F2N4. The molecule has 0 amide bonds. The van der Waals surface area contributed by atoms with Crippen molar-refractivity contribution in [2.24, 2.45) is 0 Å². The van der Waals surface area contributed by atoms with Crippen LogP contribution in [-0.2, 0) is 0 Å². The van der Waals surface area contributed by atoms with Gasteiger partial charge in [-0.1, -0.05) is 0 Å². The quantitative estimate of drug-likeness (QED) is 0.769. The lowest BCUT2D eigenvalue weighted by molar-refractivity contribution is 0.153. The van der Waals surface area contributed by atoms with Gasteiger partial charge in [0.1, 0.15) is 5.82 Å². The summed E-state index contributed by atoms with van der Waals surface area (Å²) >= 11 is 0. The van der Waals surface area contributed by atoms with Crippen LogP contribution in [0.4, 0.5) is 8.78 Å². The van der Waals surface area contributed by atoms with Crippen molar-refractivity contribution < 1.29 is 8.78 Å². The van der Waals surface area contributed by atoms with E-state index in [1.807, 2.05) is 0 Å². The number of aryl methyl sites for hydroxylation is 1. The minimum atomic E-state index is -2.56. The summed E-state index contributed by atoms with van der Waals surface area (Å²) in [6.45, 7) is 1.77. The van der Waals surface area contributed by atoms with Crippen molar-refractivity contribution in [3.05, 3.63) is 42.1 Å². The molecule has 2 aromatic heterocycles. The van der Waals surface area contributed by atoms with Crippen LogP contribution in [0.3, 0.4) is 0 Å². The van der Waals surface area contributed by atoms with Gasteiger partial charge in [0.15, 0.2) is 0 Å². The number of hydrogen-bond acceptors (Lipinski definition) is 3. The molecule has 2 heterocycles. The van der Waals surface area contributed by atoms with Crippen molar-refractivity contribution in [1.82, 2.24) is 20.2 Å². The Balaban J connectivity index is 2.21. The van der Waals surface area contributed by atoms with Gasteiger partial charge in [-0.15, -0.1) is 0 Å². The van der Waals surface area contributed by atoms with Crippen LogP contribution in [0.1, 0.15) is 17.8 Å². The van der Waals surface area contributed by atoms with Crippen molar-refractivity contribution in [2.75, 3.05) is 0 Å². The van der Waals surface area contributed by atoms with Crippen LogP contribution in [0.2, 0.25) is 0 Å². The second-order valence-corrected chi connectivity index (χ2v) is 4.22. The van der Waals surface area contributed by atoms with Crippen LogP contribution in [0.25, 0.3) is 22.0 Å². The van der Waals surface area contributed by atoms with E-state index in [1.54, 1.807) is 25.4 Å². The molecule has 0 spiro atoms. The highest BCUT2D eigenvalue weighted by Gasteiger charge is 2.15. The number of benzene rings is 1. The third-order valence-electron chi connectivity index (χ3n) is 2.93. The fourth-order valence-electron chi connectivity index (χ4n) is 1.97. The predicted molar refractivity (Wildman–Crippen MR) is 66.8 cm³/mol. The highest BCUT2D eigenvalue weighted by atomic mass is 19.3. The summed E-state index contributed by atoms with van der Waals surface area (Å²) in [7, 11) is 0. The van der Waals surface area contributed by atoms with E-state index >= 15 is 0 Å². The summed E-state index contributed by atoms with van der Waals surface area (Å²) in [5, 5.41) is 7.05. The summed E-state index contributed by atoms with van der Waals surface area (Å²) < 4.78 is 26.1. The smallest absolute Gasteiger partial charge is 0.265 e. The molecule has 4 nitrogen and oxygen atoms in total. The van der Waals surface area contributed by atoms with Gasteiger partial charge >= 0.3 is 0 Å². The summed E-state index contributed by atoms with van der Waals surface area (Å²) in [6.07, 6.45) is 2.21. The molecule has 19 heavy (non-hydrogen) atoms. The van der Waals surface area contributed by atoms with E-state index in [1.165, 1.54) is 12.3 Å². The first-order chi connectivity index (χ1) is 9.15. The molecule has 6 heteroatoms. The SMILES string of the molecule is Cc1ncc(-c2cc(C(F)F)c3[nH]ncc3c2)cn1. The molecule has 0 radical (unpaired) electrons. The van der Waals surface area contributed by atoms with E-state index in [0.29, 0.717) is 27.9 Å². The van der Waals surface area contributed by atoms with Gasteiger partial charge in [0, 0.05) is 28.9 Å². The largest absolute Gasteiger partial charge is 0.277 e. The minimum Gasteiger partial charge on any atom is -0.277 e. The normalized spacial score (nSPS) is 11.4. The van der Waals surface area contributed by atoms with Gasteiger partial charge in [-0.05, 0) is 24.6 Å². The number of nitrogens with zero attached hydrogens (tertiary/aromatic N) is 3. The molecule has 0 unspecified atom stereocenters. The number of halogens is 2. The van der Waals surface area contributed by atoms with Crippen LogP contribution in [0.15, 0.2) is 30.7 Å². The number of aromatic nitrogens is 4. The molecule has 1 aromatic carbocycles. The summed E-state index contributed by atoms with van der Waals surface area (Å²) in [5.74, 6) is 0.641. The number of aromatic amines is 1. The van der Waals surface area contributed by atoms with Crippen LogP contribution >= 0.6 is 0 Å². The van der Waals surface area contributed by atoms with Crippen molar-refractivity contribution in [3.8, 4) is 11.1 Å². The Morgan fingerprint density at radius 2 is 1.79 bits per heavy atom. The lowest BCUT2D eigenvalue weighted by Gasteiger charge is -2.06. The first-order valence-electron chi connectivity index (χ1n) is 5.69. The van der Waals surface area contributed by atoms with Crippen LogP contribution in [0.5, 0.6) is 0 Å². The summed E-state index contributed by atoms with van der Waals surface area (Å²) in [6, 6.07) is 3.23. The molecule has 0 atom stereocenters. The molecule has 0 aliphatic carbocycles. The van der Waals surface area contributed by atoms with E-state index in [4.69, 9.17) is 0 Å². The van der Waals surface area contributed by atoms with E-state index < -0.39 is 6.43 Å². The maximum Gasteiger partial charge on any atom is 0.265 e. The first-order valence-corrected chi connectivity index (χ1v) is 5.69. The number of alkyl halides is 2. The summed E-state index contributed by atoms with van der Waals surface area (Å²) in [4.78, 5) is 8.15. The summed E-state index contributed by atoms with van der Waals surface area (Å²) in [5.41, 5.74) is 1.66. The molecule has 96 valence electrons. The lowest BCUT2D eigenvalue weighted by atomic mass is 10.0. The third-order valence-corrected chi connectivity index (χ3v) is 2.93. The molecule has 3 aromatic rings. The van der Waals surface area contributed by atoms with E-state index in [0.717, 1.165) is 0 Å². The zero-order chi connectivity index (χ0) is 13.4. The van der Waals surface area contributed by atoms with Gasteiger partial charge in [0.25, 0.3) is 6.43 Å². The lowest BCUT2D eigenvalue weighted by Crippen LogP contribution is -1.91. The fourth-order valence-corrected chi connectivity index (χ4v) is 1.97. The molecule has 1 N–H and O–H groups in total. The minimum absolute atomic E-state index is 0.0643. The Morgan fingerprint density at radius 1 is 1.05 bits per heavy atom. The average Bonchev–Trinajstić information content (AvgIpc) is 2.86. The number of fused-ring (bicyclic) bond motifs is 1. The molecule has 0 bridgehead atoms. The molecule has 0 saturated carbocycles. The number of H-pyrrole nitrogens is 1. The fraction of sp³-hybridized carbons (Fsp3) is 0.154. The first kappa shape index (κ1) is 11.7. The maximum atomic E-state index is 13.1. The molecule has 0 aliphatic heterocycles. The Morgan fingerprint density at radius 3 is 2.47 bits per heavy atom. The molecule has 0 fully saturated rings. The van der Waals surface area contributed by atoms with Gasteiger partial charge in [-0.25, -0.2) is 18.7 Å². The predicted octanol–water partition coefficient (Wildman–Crippen LogP) is 3.27. The van der Waals surface area contributed by atoms with Gasteiger partial charge in [-0.2, -0.15) is 5.10 Å². The highest BCUT2D eigenvalue weighted by molar-refractivity contribution is 5.87.